The van der Waals surface area contributed by atoms with Crippen LogP contribution in [0.15, 0.2) is 30.9 Å². The van der Waals surface area contributed by atoms with E-state index in [0.717, 1.165) is 5.56 Å². The van der Waals surface area contributed by atoms with Crippen molar-refractivity contribution in [1.29, 1.82) is 0 Å². The lowest BCUT2D eigenvalue weighted by Gasteiger charge is -2.11. The molecule has 0 aliphatic rings. The van der Waals surface area contributed by atoms with Gasteiger partial charge >= 0.3 is 0 Å². The van der Waals surface area contributed by atoms with Crippen molar-refractivity contribution in [3.63, 3.8) is 0 Å². The molecule has 0 unspecified atom stereocenters. The van der Waals surface area contributed by atoms with E-state index in [9.17, 15) is 4.39 Å². The van der Waals surface area contributed by atoms with E-state index >= 15 is 0 Å². The highest BCUT2D eigenvalue weighted by atomic mass is 35.5. The largest absolute Gasteiger partial charge is 0.324 e. The van der Waals surface area contributed by atoms with Gasteiger partial charge in [-0.1, -0.05) is 23.8 Å². The summed E-state index contributed by atoms with van der Waals surface area (Å²) >= 11 is 0. The highest BCUT2D eigenvalue weighted by molar-refractivity contribution is 5.85. The molecule has 0 aliphatic heterocycles. The van der Waals surface area contributed by atoms with Crippen LogP contribution in [-0.2, 0) is 0 Å². The minimum Gasteiger partial charge on any atom is -0.324 e. The molecule has 1 aromatic carbocycles. The number of hydrogen-bond donors (Lipinski definition) is 1. The standard InChI is InChI=1S/C11H14FN.ClH/c1-3-4-11(13)9-7-8(2)5-6-10(9)12;/h3,5-7,11H,1,4,13H2,2H3;1H/t11-;/m0./s1. The van der Waals surface area contributed by atoms with Crippen molar-refractivity contribution in [1.82, 2.24) is 0 Å². The average molecular weight is 216 g/mol. The van der Waals surface area contributed by atoms with Crippen molar-refractivity contribution in [3.8, 4) is 0 Å². The van der Waals surface area contributed by atoms with Gasteiger partial charge in [0, 0.05) is 11.6 Å². The predicted octanol–water partition coefficient (Wildman–Crippen LogP) is 3.13. The quantitative estimate of drug-likeness (QED) is 0.771. The SMILES string of the molecule is C=CC[C@H](N)c1cc(C)ccc1F.Cl. The molecule has 0 radical (unpaired) electrons. The summed E-state index contributed by atoms with van der Waals surface area (Å²) in [4.78, 5) is 0. The van der Waals surface area contributed by atoms with E-state index in [1.54, 1.807) is 18.2 Å². The Labute approximate surface area is 90.2 Å². The lowest BCUT2D eigenvalue weighted by molar-refractivity contribution is 0.583. The second-order valence-corrected chi connectivity index (χ2v) is 3.16. The summed E-state index contributed by atoms with van der Waals surface area (Å²) in [7, 11) is 0. The second-order valence-electron chi connectivity index (χ2n) is 3.16. The molecule has 0 saturated heterocycles. The first-order chi connectivity index (χ1) is 6.15. The minimum absolute atomic E-state index is 0. The molecule has 0 spiro atoms. The molecule has 0 bridgehead atoms. The highest BCUT2D eigenvalue weighted by Crippen LogP contribution is 2.19. The van der Waals surface area contributed by atoms with Crippen molar-refractivity contribution < 1.29 is 4.39 Å². The van der Waals surface area contributed by atoms with Crippen LogP contribution in [0.4, 0.5) is 4.39 Å². The van der Waals surface area contributed by atoms with Gasteiger partial charge in [-0.2, -0.15) is 0 Å². The third-order valence-corrected chi connectivity index (χ3v) is 1.97. The van der Waals surface area contributed by atoms with Crippen molar-refractivity contribution in [2.75, 3.05) is 0 Å². The average Bonchev–Trinajstić information content (AvgIpc) is 2.09. The summed E-state index contributed by atoms with van der Waals surface area (Å²) in [5, 5.41) is 0. The number of benzene rings is 1. The lowest BCUT2D eigenvalue weighted by Crippen LogP contribution is -2.11. The van der Waals surface area contributed by atoms with Crippen LogP contribution in [0.25, 0.3) is 0 Å². The van der Waals surface area contributed by atoms with E-state index in [-0.39, 0.29) is 24.3 Å². The van der Waals surface area contributed by atoms with Crippen molar-refractivity contribution in [3.05, 3.63) is 47.8 Å². The predicted molar refractivity (Wildman–Crippen MR) is 60.1 cm³/mol. The van der Waals surface area contributed by atoms with Crippen LogP contribution >= 0.6 is 12.4 Å². The van der Waals surface area contributed by atoms with E-state index in [1.807, 2.05) is 6.92 Å². The van der Waals surface area contributed by atoms with Crippen LogP contribution in [-0.4, -0.2) is 0 Å². The van der Waals surface area contributed by atoms with Crippen molar-refractivity contribution in [2.24, 2.45) is 5.73 Å². The fraction of sp³-hybridized carbons (Fsp3) is 0.273. The molecule has 1 nitrogen and oxygen atoms in total. The van der Waals surface area contributed by atoms with Gasteiger partial charge in [-0.3, -0.25) is 0 Å². The van der Waals surface area contributed by atoms with E-state index in [4.69, 9.17) is 5.73 Å². The van der Waals surface area contributed by atoms with Gasteiger partial charge < -0.3 is 5.73 Å². The Balaban J connectivity index is 0.00000169. The van der Waals surface area contributed by atoms with Crippen LogP contribution in [0, 0.1) is 12.7 Å². The van der Waals surface area contributed by atoms with Gasteiger partial charge in [-0.15, -0.1) is 19.0 Å². The molecule has 0 amide bonds. The summed E-state index contributed by atoms with van der Waals surface area (Å²) in [6, 6.07) is 4.69. The molecule has 78 valence electrons. The molecule has 0 aromatic heterocycles. The Morgan fingerprint density at radius 2 is 2.21 bits per heavy atom. The fourth-order valence-electron chi connectivity index (χ4n) is 1.25. The van der Waals surface area contributed by atoms with Gasteiger partial charge in [0.1, 0.15) is 5.82 Å². The van der Waals surface area contributed by atoms with Crippen molar-refractivity contribution >= 4 is 12.4 Å². The lowest BCUT2D eigenvalue weighted by atomic mass is 10.0. The molecule has 1 atom stereocenters. The smallest absolute Gasteiger partial charge is 0.128 e. The van der Waals surface area contributed by atoms with Gasteiger partial charge in [-0.05, 0) is 19.4 Å². The van der Waals surface area contributed by atoms with Gasteiger partial charge in [0.05, 0.1) is 0 Å². The number of aryl methyl sites for hydroxylation is 1. The topological polar surface area (TPSA) is 26.0 Å². The first-order valence-electron chi connectivity index (χ1n) is 4.27. The minimum atomic E-state index is -0.280. The van der Waals surface area contributed by atoms with E-state index in [1.165, 1.54) is 6.07 Å². The Kier molecular flexibility index (Phi) is 5.43. The van der Waals surface area contributed by atoms with Crippen molar-refractivity contribution in [2.45, 2.75) is 19.4 Å². The van der Waals surface area contributed by atoms with E-state index in [0.29, 0.717) is 12.0 Å². The highest BCUT2D eigenvalue weighted by Gasteiger charge is 2.09. The summed E-state index contributed by atoms with van der Waals surface area (Å²) in [5.41, 5.74) is 7.36. The Morgan fingerprint density at radius 3 is 2.79 bits per heavy atom. The number of nitrogens with two attached hydrogens (primary N) is 1. The fourth-order valence-corrected chi connectivity index (χ4v) is 1.25. The molecule has 0 saturated carbocycles. The molecule has 0 aliphatic carbocycles. The maximum absolute atomic E-state index is 13.2. The second kappa shape index (κ2) is 5.78. The molecule has 3 heteroatoms. The van der Waals surface area contributed by atoms with E-state index < -0.39 is 0 Å². The third kappa shape index (κ3) is 3.13. The molecule has 0 fully saturated rings. The van der Waals surface area contributed by atoms with Gasteiger partial charge in [0.2, 0.25) is 0 Å². The first-order valence-corrected chi connectivity index (χ1v) is 4.27. The molecule has 1 aromatic rings. The van der Waals surface area contributed by atoms with Crippen LogP contribution in [0.2, 0.25) is 0 Å². The van der Waals surface area contributed by atoms with Gasteiger partial charge in [-0.25, -0.2) is 4.39 Å². The summed E-state index contributed by atoms with van der Waals surface area (Å²) in [5.74, 6) is -0.236. The number of hydrogen-bond acceptors (Lipinski definition) is 1. The Hall–Kier alpha value is -0.860. The third-order valence-electron chi connectivity index (χ3n) is 1.97. The maximum atomic E-state index is 13.2. The van der Waals surface area contributed by atoms with Gasteiger partial charge in [0.25, 0.3) is 0 Å². The normalized spacial score (nSPS) is 11.6. The number of halogens is 2. The molecular weight excluding hydrogens is 201 g/mol. The first kappa shape index (κ1) is 13.1. The molecule has 14 heavy (non-hydrogen) atoms. The monoisotopic (exact) mass is 215 g/mol. The summed E-state index contributed by atoms with van der Waals surface area (Å²) in [6.45, 7) is 5.50. The zero-order chi connectivity index (χ0) is 9.84. The molecular formula is C11H15ClFN. The van der Waals surface area contributed by atoms with Crippen LogP contribution in [0.5, 0.6) is 0 Å². The van der Waals surface area contributed by atoms with Crippen LogP contribution in [0.1, 0.15) is 23.6 Å². The Morgan fingerprint density at radius 1 is 1.57 bits per heavy atom. The van der Waals surface area contributed by atoms with E-state index in [2.05, 4.69) is 6.58 Å². The van der Waals surface area contributed by atoms with Crippen LogP contribution in [0.3, 0.4) is 0 Å². The zero-order valence-electron chi connectivity index (χ0n) is 8.16. The summed E-state index contributed by atoms with van der Waals surface area (Å²) in [6.07, 6.45) is 2.30. The zero-order valence-corrected chi connectivity index (χ0v) is 8.98. The number of rotatable bonds is 3. The summed E-state index contributed by atoms with van der Waals surface area (Å²) < 4.78 is 13.2. The Bertz CT molecular complexity index is 312. The molecule has 2 N–H and O–H groups in total. The van der Waals surface area contributed by atoms with Gasteiger partial charge in [0.15, 0.2) is 0 Å². The van der Waals surface area contributed by atoms with Crippen LogP contribution < -0.4 is 5.73 Å². The molecule has 0 heterocycles. The maximum Gasteiger partial charge on any atom is 0.128 e. The molecule has 1 rings (SSSR count).